The smallest absolute Gasteiger partial charge is 0.257 e. The Kier molecular flexibility index (Phi) is 4.85. The van der Waals surface area contributed by atoms with Gasteiger partial charge in [-0.1, -0.05) is 39.1 Å². The van der Waals surface area contributed by atoms with Crippen molar-refractivity contribution in [1.82, 2.24) is 0 Å². The molecule has 2 aromatic rings. The number of benzene rings is 2. The third-order valence-corrected chi connectivity index (χ3v) is 4.85. The van der Waals surface area contributed by atoms with Gasteiger partial charge >= 0.3 is 0 Å². The number of hydrogen-bond acceptors (Lipinski definition) is 2. The lowest BCUT2D eigenvalue weighted by atomic mass is 10.1. The molecule has 4 nitrogen and oxygen atoms in total. The molecule has 1 aliphatic heterocycles. The van der Waals surface area contributed by atoms with Crippen molar-refractivity contribution < 1.29 is 9.59 Å². The molecule has 0 saturated heterocycles. The molecular formula is C17H13BrCl2N2O2. The standard InChI is InChI=1S/C17H13BrCl2N2O2/c1-9(23)22-5-4-10-6-11(18)7-15(16(10)22)21-17(24)13-8-12(19)2-3-14(13)20/h2-3,6-8H,4-5H2,1H3,(H,21,24). The minimum absolute atomic E-state index is 0.0626. The van der Waals surface area contributed by atoms with E-state index in [1.54, 1.807) is 23.1 Å². The van der Waals surface area contributed by atoms with Gasteiger partial charge in [-0.3, -0.25) is 9.59 Å². The Balaban J connectivity index is 2.00. The van der Waals surface area contributed by atoms with Gasteiger partial charge in [0.05, 0.1) is 22.0 Å². The number of carbonyl (C=O) groups is 2. The number of nitrogens with zero attached hydrogens (tertiary/aromatic N) is 1. The van der Waals surface area contributed by atoms with Crippen LogP contribution in [0.3, 0.4) is 0 Å². The average molecular weight is 428 g/mol. The lowest BCUT2D eigenvalue weighted by Gasteiger charge is -2.19. The number of carbonyl (C=O) groups excluding carboxylic acids is 2. The minimum Gasteiger partial charge on any atom is -0.320 e. The second-order valence-electron chi connectivity index (χ2n) is 5.46. The maximum Gasteiger partial charge on any atom is 0.257 e. The van der Waals surface area contributed by atoms with Gasteiger partial charge in [0, 0.05) is 23.0 Å². The molecule has 0 spiro atoms. The van der Waals surface area contributed by atoms with Crippen LogP contribution in [0, 0.1) is 0 Å². The van der Waals surface area contributed by atoms with Crippen LogP contribution in [-0.2, 0) is 11.2 Å². The van der Waals surface area contributed by atoms with Gasteiger partial charge in [-0.25, -0.2) is 0 Å². The quantitative estimate of drug-likeness (QED) is 0.739. The highest BCUT2D eigenvalue weighted by Gasteiger charge is 2.27. The van der Waals surface area contributed by atoms with Crippen LogP contribution in [0.5, 0.6) is 0 Å². The largest absolute Gasteiger partial charge is 0.320 e. The highest BCUT2D eigenvalue weighted by molar-refractivity contribution is 9.10. The van der Waals surface area contributed by atoms with Crippen molar-refractivity contribution in [3.8, 4) is 0 Å². The third kappa shape index (κ3) is 3.29. The predicted molar refractivity (Wildman–Crippen MR) is 100 cm³/mol. The van der Waals surface area contributed by atoms with Gasteiger partial charge in [-0.05, 0) is 42.3 Å². The fourth-order valence-corrected chi connectivity index (χ4v) is 3.66. The van der Waals surface area contributed by atoms with Crippen LogP contribution in [0.25, 0.3) is 0 Å². The molecule has 0 unspecified atom stereocenters. The first-order valence-corrected chi connectivity index (χ1v) is 8.78. The van der Waals surface area contributed by atoms with Gasteiger partial charge in [-0.2, -0.15) is 0 Å². The van der Waals surface area contributed by atoms with Crippen molar-refractivity contribution in [3.05, 3.63) is 56.0 Å². The summed E-state index contributed by atoms with van der Waals surface area (Å²) in [5, 5.41) is 3.58. The molecule has 0 fully saturated rings. The van der Waals surface area contributed by atoms with E-state index < -0.39 is 0 Å². The molecule has 0 atom stereocenters. The Morgan fingerprint density at radius 3 is 2.67 bits per heavy atom. The Labute approximate surface area is 157 Å². The van der Waals surface area contributed by atoms with Crippen LogP contribution in [0.4, 0.5) is 11.4 Å². The topological polar surface area (TPSA) is 49.4 Å². The molecule has 2 aromatic carbocycles. The monoisotopic (exact) mass is 426 g/mol. The summed E-state index contributed by atoms with van der Waals surface area (Å²) in [6.07, 6.45) is 0.745. The van der Waals surface area contributed by atoms with Crippen molar-refractivity contribution in [2.75, 3.05) is 16.8 Å². The maximum absolute atomic E-state index is 12.6. The Bertz CT molecular complexity index is 855. The van der Waals surface area contributed by atoms with E-state index in [1.165, 1.54) is 13.0 Å². The van der Waals surface area contributed by atoms with Crippen LogP contribution >= 0.6 is 39.1 Å². The van der Waals surface area contributed by atoms with Gasteiger partial charge in [-0.15, -0.1) is 0 Å². The highest BCUT2D eigenvalue weighted by atomic mass is 79.9. The second kappa shape index (κ2) is 6.75. The average Bonchev–Trinajstić information content (AvgIpc) is 2.93. The van der Waals surface area contributed by atoms with E-state index in [0.29, 0.717) is 22.3 Å². The molecule has 3 rings (SSSR count). The van der Waals surface area contributed by atoms with E-state index in [9.17, 15) is 9.59 Å². The summed E-state index contributed by atoms with van der Waals surface area (Å²) < 4.78 is 0.833. The summed E-state index contributed by atoms with van der Waals surface area (Å²) in [5.74, 6) is -0.439. The molecule has 0 aromatic heterocycles. The van der Waals surface area contributed by atoms with Crippen LogP contribution in [0.1, 0.15) is 22.8 Å². The van der Waals surface area contributed by atoms with Crippen LogP contribution in [-0.4, -0.2) is 18.4 Å². The second-order valence-corrected chi connectivity index (χ2v) is 7.22. The minimum atomic E-state index is -0.377. The van der Waals surface area contributed by atoms with E-state index in [2.05, 4.69) is 21.2 Å². The van der Waals surface area contributed by atoms with Crippen molar-refractivity contribution in [3.63, 3.8) is 0 Å². The number of rotatable bonds is 2. The zero-order chi connectivity index (χ0) is 17.4. The summed E-state index contributed by atoms with van der Waals surface area (Å²) in [6, 6.07) is 8.44. The zero-order valence-corrected chi connectivity index (χ0v) is 15.8. The third-order valence-electron chi connectivity index (χ3n) is 3.83. The zero-order valence-electron chi connectivity index (χ0n) is 12.7. The summed E-state index contributed by atoms with van der Waals surface area (Å²) in [6.45, 7) is 2.11. The van der Waals surface area contributed by atoms with Crippen LogP contribution < -0.4 is 10.2 Å². The number of amides is 2. The Morgan fingerprint density at radius 2 is 1.96 bits per heavy atom. The molecule has 1 N–H and O–H groups in total. The summed E-state index contributed by atoms with van der Waals surface area (Å²) >= 11 is 15.5. The van der Waals surface area contributed by atoms with Crippen molar-refractivity contribution >= 4 is 62.3 Å². The number of nitrogens with one attached hydrogen (secondary N) is 1. The molecule has 2 amide bonds. The molecule has 0 saturated carbocycles. The van der Waals surface area contributed by atoms with Crippen molar-refractivity contribution in [2.45, 2.75) is 13.3 Å². The lowest BCUT2D eigenvalue weighted by Crippen LogP contribution is -2.27. The number of hydrogen-bond donors (Lipinski definition) is 1. The summed E-state index contributed by atoms with van der Waals surface area (Å²) in [5.41, 5.74) is 2.59. The highest BCUT2D eigenvalue weighted by Crippen LogP contribution is 2.38. The predicted octanol–water partition coefficient (Wildman–Crippen LogP) is 4.92. The van der Waals surface area contributed by atoms with Crippen LogP contribution in [0.2, 0.25) is 10.0 Å². The van der Waals surface area contributed by atoms with E-state index in [0.717, 1.165) is 22.1 Å². The fourth-order valence-electron chi connectivity index (χ4n) is 2.78. The molecule has 124 valence electrons. The van der Waals surface area contributed by atoms with E-state index in [-0.39, 0.29) is 17.4 Å². The fraction of sp³-hybridized carbons (Fsp3) is 0.176. The lowest BCUT2D eigenvalue weighted by molar-refractivity contribution is -0.116. The summed E-state index contributed by atoms with van der Waals surface area (Å²) in [7, 11) is 0. The maximum atomic E-state index is 12.6. The first kappa shape index (κ1) is 17.3. The normalized spacial score (nSPS) is 12.9. The summed E-state index contributed by atoms with van der Waals surface area (Å²) in [4.78, 5) is 26.1. The van der Waals surface area contributed by atoms with E-state index in [1.807, 2.05) is 6.07 Å². The molecule has 0 aliphatic carbocycles. The first-order chi connectivity index (χ1) is 11.4. The first-order valence-electron chi connectivity index (χ1n) is 7.23. The van der Waals surface area contributed by atoms with Crippen molar-refractivity contribution in [1.29, 1.82) is 0 Å². The number of fused-ring (bicyclic) bond motifs is 1. The van der Waals surface area contributed by atoms with E-state index in [4.69, 9.17) is 23.2 Å². The number of anilines is 2. The van der Waals surface area contributed by atoms with Gasteiger partial charge in [0.2, 0.25) is 5.91 Å². The molecule has 24 heavy (non-hydrogen) atoms. The van der Waals surface area contributed by atoms with E-state index >= 15 is 0 Å². The Morgan fingerprint density at radius 1 is 1.21 bits per heavy atom. The van der Waals surface area contributed by atoms with Gasteiger partial charge in [0.15, 0.2) is 0 Å². The molecule has 0 radical (unpaired) electrons. The van der Waals surface area contributed by atoms with Gasteiger partial charge in [0.25, 0.3) is 5.91 Å². The molecule has 1 aliphatic rings. The SMILES string of the molecule is CC(=O)N1CCc2cc(Br)cc(NC(=O)c3cc(Cl)ccc3Cl)c21. The molecular weight excluding hydrogens is 415 g/mol. The van der Waals surface area contributed by atoms with Gasteiger partial charge in [0.1, 0.15) is 0 Å². The van der Waals surface area contributed by atoms with Gasteiger partial charge < -0.3 is 10.2 Å². The number of halogens is 3. The molecule has 1 heterocycles. The van der Waals surface area contributed by atoms with Crippen LogP contribution in [0.15, 0.2) is 34.8 Å². The van der Waals surface area contributed by atoms with Crippen molar-refractivity contribution in [2.24, 2.45) is 0 Å². The molecule has 7 heteroatoms. The molecule has 0 bridgehead atoms. The Hall–Kier alpha value is -1.56.